The number of aryl methyl sites for hydroxylation is 1. The summed E-state index contributed by atoms with van der Waals surface area (Å²) >= 11 is 0. The van der Waals surface area contributed by atoms with Crippen molar-refractivity contribution in [1.82, 2.24) is 19.4 Å². The number of rotatable bonds is 2. The van der Waals surface area contributed by atoms with E-state index in [1.807, 2.05) is 33.7 Å². The van der Waals surface area contributed by atoms with Crippen molar-refractivity contribution in [2.24, 2.45) is 0 Å². The predicted octanol–water partition coefficient (Wildman–Crippen LogP) is 3.80. The number of carbonyl (C=O) groups excluding carboxylic acids is 1. The first kappa shape index (κ1) is 18.5. The summed E-state index contributed by atoms with van der Waals surface area (Å²) in [5.74, 6) is -0.418. The van der Waals surface area contributed by atoms with Crippen molar-refractivity contribution in [1.29, 1.82) is 0 Å². The van der Waals surface area contributed by atoms with Gasteiger partial charge in [-0.1, -0.05) is 12.1 Å². The number of fused-ring (bicyclic) bond motifs is 2. The van der Waals surface area contributed by atoms with E-state index in [4.69, 9.17) is 0 Å². The van der Waals surface area contributed by atoms with Crippen molar-refractivity contribution in [2.75, 3.05) is 13.1 Å². The molecule has 0 bridgehead atoms. The highest BCUT2D eigenvalue weighted by Crippen LogP contribution is 2.27. The van der Waals surface area contributed by atoms with E-state index in [1.54, 1.807) is 19.1 Å². The Morgan fingerprint density at radius 1 is 1.13 bits per heavy atom. The van der Waals surface area contributed by atoms with Crippen LogP contribution in [0.5, 0.6) is 0 Å². The average Bonchev–Trinajstić information content (AvgIpc) is 3.08. The number of aromatic amines is 1. The summed E-state index contributed by atoms with van der Waals surface area (Å²) in [6.07, 6.45) is 1.41. The lowest BCUT2D eigenvalue weighted by atomic mass is 10.0. The lowest BCUT2D eigenvalue weighted by Gasteiger charge is -2.32. The molecule has 1 N–H and O–H groups in total. The summed E-state index contributed by atoms with van der Waals surface area (Å²) in [4.78, 5) is 34.7. The van der Waals surface area contributed by atoms with Crippen LogP contribution in [0.2, 0.25) is 0 Å². The van der Waals surface area contributed by atoms with Gasteiger partial charge >= 0.3 is 5.69 Å². The zero-order valence-electron chi connectivity index (χ0n) is 16.6. The Morgan fingerprint density at radius 3 is 2.70 bits per heavy atom. The van der Waals surface area contributed by atoms with E-state index in [-0.39, 0.29) is 23.5 Å². The Morgan fingerprint density at radius 2 is 1.90 bits per heavy atom. The van der Waals surface area contributed by atoms with E-state index in [2.05, 4.69) is 9.97 Å². The van der Waals surface area contributed by atoms with Gasteiger partial charge in [-0.15, -0.1) is 0 Å². The Hall–Kier alpha value is -3.48. The number of H-pyrrole nitrogens is 1. The van der Waals surface area contributed by atoms with E-state index in [1.165, 1.54) is 12.1 Å². The number of pyridine rings is 1. The number of hydrogen-bond acceptors (Lipinski definition) is 3. The number of nitrogens with zero attached hydrogens (tertiary/aromatic N) is 3. The molecule has 0 radical (unpaired) electrons. The topological polar surface area (TPSA) is 71.0 Å². The number of benzene rings is 2. The van der Waals surface area contributed by atoms with Crippen molar-refractivity contribution in [3.63, 3.8) is 0 Å². The third kappa shape index (κ3) is 3.07. The Balaban J connectivity index is 1.38. The van der Waals surface area contributed by atoms with Crippen molar-refractivity contribution in [2.45, 2.75) is 25.8 Å². The van der Waals surface area contributed by atoms with Gasteiger partial charge < -0.3 is 9.88 Å². The first-order chi connectivity index (χ1) is 14.5. The number of nitrogens with one attached hydrogen (secondary N) is 1. The fourth-order valence-corrected chi connectivity index (χ4v) is 4.39. The molecular weight excluding hydrogens is 383 g/mol. The molecule has 7 heteroatoms. The minimum absolute atomic E-state index is 0.0523. The number of aromatic nitrogens is 3. The van der Waals surface area contributed by atoms with Gasteiger partial charge in [0.25, 0.3) is 5.91 Å². The summed E-state index contributed by atoms with van der Waals surface area (Å²) < 4.78 is 15.3. The normalized spacial score (nSPS) is 15.2. The molecule has 1 aliphatic rings. The number of para-hydroxylation sites is 2. The molecule has 0 atom stereocenters. The van der Waals surface area contributed by atoms with Crippen molar-refractivity contribution < 1.29 is 9.18 Å². The third-order valence-electron chi connectivity index (χ3n) is 5.94. The SMILES string of the molecule is Cc1nc2cc(F)ccc2cc1C(=O)N1CCC(n2c(=O)[nH]c3ccccc32)CC1. The maximum absolute atomic E-state index is 13.5. The van der Waals surface area contributed by atoms with E-state index in [9.17, 15) is 14.0 Å². The van der Waals surface area contributed by atoms with Crippen molar-refractivity contribution in [3.05, 3.63) is 76.1 Å². The average molecular weight is 404 g/mol. The molecule has 0 aliphatic carbocycles. The monoisotopic (exact) mass is 404 g/mol. The highest BCUT2D eigenvalue weighted by Gasteiger charge is 2.27. The van der Waals surface area contributed by atoms with E-state index < -0.39 is 0 Å². The standard InChI is InChI=1S/C23H21FN4O2/c1-14-18(12-15-6-7-16(24)13-20(15)25-14)22(29)27-10-8-17(9-11-27)28-21-5-3-2-4-19(21)26-23(28)30/h2-7,12-13,17H,8-11H2,1H3,(H,26,30). The van der Waals surface area contributed by atoms with Crippen LogP contribution in [0, 0.1) is 12.7 Å². The third-order valence-corrected chi connectivity index (χ3v) is 5.94. The molecule has 2 aromatic carbocycles. The Bertz CT molecular complexity index is 1330. The zero-order chi connectivity index (χ0) is 20.8. The summed E-state index contributed by atoms with van der Waals surface area (Å²) in [5.41, 5.74) is 3.29. The summed E-state index contributed by atoms with van der Waals surface area (Å²) in [7, 11) is 0. The van der Waals surface area contributed by atoms with E-state index in [0.29, 0.717) is 42.7 Å². The van der Waals surface area contributed by atoms with Crippen LogP contribution in [0.15, 0.2) is 53.3 Å². The molecule has 3 heterocycles. The number of amides is 1. The second-order valence-electron chi connectivity index (χ2n) is 7.80. The molecule has 4 aromatic rings. The summed E-state index contributed by atoms with van der Waals surface area (Å²) in [6, 6.07) is 13.9. The van der Waals surface area contributed by atoms with Crippen LogP contribution in [-0.4, -0.2) is 38.4 Å². The van der Waals surface area contributed by atoms with Crippen LogP contribution in [0.1, 0.15) is 34.9 Å². The molecule has 6 nitrogen and oxygen atoms in total. The molecule has 1 aliphatic heterocycles. The van der Waals surface area contributed by atoms with Crippen molar-refractivity contribution >= 4 is 27.8 Å². The minimum atomic E-state index is -0.344. The van der Waals surface area contributed by atoms with Gasteiger partial charge in [0, 0.05) is 30.6 Å². The molecule has 2 aromatic heterocycles. The second kappa shape index (κ2) is 7.09. The van der Waals surface area contributed by atoms with Gasteiger partial charge in [-0.2, -0.15) is 0 Å². The first-order valence-electron chi connectivity index (χ1n) is 10.1. The minimum Gasteiger partial charge on any atom is -0.338 e. The van der Waals surface area contributed by atoms with Gasteiger partial charge in [-0.05, 0) is 50.1 Å². The maximum atomic E-state index is 13.5. The number of hydrogen-bond donors (Lipinski definition) is 1. The first-order valence-corrected chi connectivity index (χ1v) is 10.1. The molecule has 0 unspecified atom stereocenters. The number of likely N-dealkylation sites (tertiary alicyclic amines) is 1. The molecule has 1 amide bonds. The number of carbonyl (C=O) groups is 1. The van der Waals surface area contributed by atoms with Gasteiger partial charge in [0.1, 0.15) is 5.82 Å². The number of halogens is 1. The van der Waals surface area contributed by atoms with Gasteiger partial charge in [0.15, 0.2) is 0 Å². The van der Waals surface area contributed by atoms with Crippen molar-refractivity contribution in [3.8, 4) is 0 Å². The molecule has 152 valence electrons. The van der Waals surface area contributed by atoms with E-state index >= 15 is 0 Å². The fraction of sp³-hybridized carbons (Fsp3) is 0.261. The van der Waals surface area contributed by atoms with Crippen LogP contribution in [0.3, 0.4) is 0 Å². The highest BCUT2D eigenvalue weighted by molar-refractivity contribution is 5.98. The quantitative estimate of drug-likeness (QED) is 0.552. The zero-order valence-corrected chi connectivity index (χ0v) is 16.6. The maximum Gasteiger partial charge on any atom is 0.326 e. The van der Waals surface area contributed by atoms with Gasteiger partial charge in [-0.25, -0.2) is 9.18 Å². The molecular formula is C23H21FN4O2. The molecule has 30 heavy (non-hydrogen) atoms. The van der Waals surface area contributed by atoms with Crippen LogP contribution < -0.4 is 5.69 Å². The highest BCUT2D eigenvalue weighted by atomic mass is 19.1. The number of imidazole rings is 1. The van der Waals surface area contributed by atoms with Crippen LogP contribution >= 0.6 is 0 Å². The molecule has 1 saturated heterocycles. The van der Waals surface area contributed by atoms with Crippen LogP contribution in [-0.2, 0) is 0 Å². The largest absolute Gasteiger partial charge is 0.338 e. The lowest BCUT2D eigenvalue weighted by Crippen LogP contribution is -2.40. The summed E-state index contributed by atoms with van der Waals surface area (Å²) in [5, 5.41) is 0.741. The molecule has 5 rings (SSSR count). The summed E-state index contributed by atoms with van der Waals surface area (Å²) in [6.45, 7) is 2.91. The molecule has 0 spiro atoms. The van der Waals surface area contributed by atoms with Crippen LogP contribution in [0.4, 0.5) is 4.39 Å². The molecule has 0 saturated carbocycles. The number of piperidine rings is 1. The Labute approximate surface area is 172 Å². The van der Waals surface area contributed by atoms with Gasteiger partial charge in [0.2, 0.25) is 0 Å². The smallest absolute Gasteiger partial charge is 0.326 e. The lowest BCUT2D eigenvalue weighted by molar-refractivity contribution is 0.0694. The van der Waals surface area contributed by atoms with Gasteiger partial charge in [-0.3, -0.25) is 14.3 Å². The predicted molar refractivity (Wildman–Crippen MR) is 113 cm³/mol. The second-order valence-corrected chi connectivity index (χ2v) is 7.80. The van der Waals surface area contributed by atoms with Gasteiger partial charge in [0.05, 0.1) is 27.8 Å². The van der Waals surface area contributed by atoms with Crippen LogP contribution in [0.25, 0.3) is 21.9 Å². The molecule has 1 fully saturated rings. The Kier molecular flexibility index (Phi) is 4.38. The van der Waals surface area contributed by atoms with E-state index in [0.717, 1.165) is 16.4 Å². The fourth-order valence-electron chi connectivity index (χ4n) is 4.39.